The van der Waals surface area contributed by atoms with E-state index in [9.17, 15) is 0 Å². The quantitative estimate of drug-likeness (QED) is 0.169. The van der Waals surface area contributed by atoms with Gasteiger partial charge < -0.3 is 13.6 Å². The van der Waals surface area contributed by atoms with Crippen molar-refractivity contribution in [2.24, 2.45) is 0 Å². The smallest absolute Gasteiger partial charge is 0.137 e. The van der Waals surface area contributed by atoms with E-state index in [4.69, 9.17) is 4.42 Å². The van der Waals surface area contributed by atoms with Crippen LogP contribution in [0.5, 0.6) is 0 Å². The summed E-state index contributed by atoms with van der Waals surface area (Å²) < 4.78 is 11.6. The normalized spacial score (nSPS) is 11.6. The van der Waals surface area contributed by atoms with Gasteiger partial charge in [-0.2, -0.15) is 0 Å². The second-order valence-corrected chi connectivity index (χ2v) is 14.1. The largest absolute Gasteiger partial charge is 0.456 e. The Bertz CT molecular complexity index is 2960. The molecule has 0 bridgehead atoms. The number of hydrogen-bond donors (Lipinski definition) is 0. The van der Waals surface area contributed by atoms with Gasteiger partial charge in [0, 0.05) is 56.2 Å². The van der Waals surface area contributed by atoms with Crippen LogP contribution in [0.25, 0.3) is 99.9 Å². The Morgan fingerprint density at radius 1 is 0.291 bits per heavy atom. The Kier molecular flexibility index (Phi) is 7.17. The van der Waals surface area contributed by atoms with Crippen molar-refractivity contribution in [3.8, 4) is 56.1 Å². The number of fused-ring (bicyclic) bond motifs is 5. The van der Waals surface area contributed by atoms with Crippen LogP contribution in [0, 0.1) is 0 Å². The number of hydrogen-bond acceptors (Lipinski definition) is 1. The lowest BCUT2D eigenvalue weighted by Crippen LogP contribution is -1.97. The molecule has 0 N–H and O–H groups in total. The van der Waals surface area contributed by atoms with Crippen LogP contribution in [-0.4, -0.2) is 9.13 Å². The maximum Gasteiger partial charge on any atom is 0.137 e. The van der Waals surface area contributed by atoms with Gasteiger partial charge in [0.1, 0.15) is 11.2 Å². The number of para-hydroxylation sites is 2. The topological polar surface area (TPSA) is 23.0 Å². The number of aromatic nitrogens is 2. The van der Waals surface area contributed by atoms with Crippen LogP contribution in [0.2, 0.25) is 0 Å². The number of rotatable bonds is 6. The van der Waals surface area contributed by atoms with E-state index in [1.807, 2.05) is 0 Å². The highest BCUT2D eigenvalue weighted by atomic mass is 16.3. The maximum absolute atomic E-state index is 6.85. The molecule has 0 spiro atoms. The molecule has 0 fully saturated rings. The van der Waals surface area contributed by atoms with Gasteiger partial charge in [0.2, 0.25) is 0 Å². The van der Waals surface area contributed by atoms with Gasteiger partial charge in [-0.25, -0.2) is 0 Å². The lowest BCUT2D eigenvalue weighted by molar-refractivity contribution is 0.668. The first-order valence-corrected chi connectivity index (χ1v) is 18.8. The second kappa shape index (κ2) is 12.6. The average Bonchev–Trinajstić information content (AvgIpc) is 3.92. The SMILES string of the molecule is c1ccc(-c2c(-c3ccccc3)n(-c3ccc4c(c3)oc3cc(-n5c(-c6ccccc6)c(-c6ccccc6)c6ccccc65)ccc34)c3ccccc23)cc1. The minimum atomic E-state index is 0.855. The van der Waals surface area contributed by atoms with Crippen molar-refractivity contribution in [2.75, 3.05) is 0 Å². The molecule has 3 aromatic heterocycles. The number of benzene rings is 8. The van der Waals surface area contributed by atoms with E-state index < -0.39 is 0 Å². The molecule has 0 saturated heterocycles. The minimum Gasteiger partial charge on any atom is -0.456 e. The Balaban J connectivity index is 1.13. The lowest BCUT2D eigenvalue weighted by Gasteiger charge is -2.13. The fourth-order valence-corrected chi connectivity index (χ4v) is 8.58. The first-order chi connectivity index (χ1) is 27.3. The summed E-state index contributed by atoms with van der Waals surface area (Å²) >= 11 is 0. The molecule has 0 amide bonds. The van der Waals surface area contributed by atoms with Crippen molar-refractivity contribution in [1.29, 1.82) is 0 Å². The highest BCUT2D eigenvalue weighted by Crippen LogP contribution is 2.45. The Morgan fingerprint density at radius 3 is 1.04 bits per heavy atom. The Labute approximate surface area is 318 Å². The van der Waals surface area contributed by atoms with E-state index in [1.54, 1.807) is 0 Å². The summed E-state index contributed by atoms with van der Waals surface area (Å²) in [5.74, 6) is 0. The van der Waals surface area contributed by atoms with Crippen molar-refractivity contribution < 1.29 is 4.42 Å². The molecule has 0 saturated carbocycles. The van der Waals surface area contributed by atoms with Gasteiger partial charge >= 0.3 is 0 Å². The predicted molar refractivity (Wildman–Crippen MR) is 229 cm³/mol. The molecule has 11 aromatic rings. The highest BCUT2D eigenvalue weighted by molar-refractivity contribution is 6.09. The van der Waals surface area contributed by atoms with E-state index >= 15 is 0 Å². The van der Waals surface area contributed by atoms with Gasteiger partial charge in [-0.05, 0) is 58.7 Å². The van der Waals surface area contributed by atoms with Crippen LogP contribution < -0.4 is 0 Å². The first kappa shape index (κ1) is 31.2. The molecule has 8 aromatic carbocycles. The summed E-state index contributed by atoms with van der Waals surface area (Å²) in [6.07, 6.45) is 0. The standard InChI is InChI=1S/C52H34N2O/c1-5-17-35(18-6-1)49-43-25-13-15-27-45(43)53(51(49)37-21-9-3-10-22-37)39-29-31-41-42-32-30-40(34-48(42)55-47(41)33-39)54-46-28-16-14-26-44(46)50(36-19-7-2-8-20-36)52(54)38-23-11-4-12-24-38/h1-34H. The third-order valence-corrected chi connectivity index (χ3v) is 10.9. The van der Waals surface area contributed by atoms with Crippen LogP contribution in [0.1, 0.15) is 0 Å². The van der Waals surface area contributed by atoms with Crippen molar-refractivity contribution in [3.63, 3.8) is 0 Å². The second-order valence-electron chi connectivity index (χ2n) is 14.1. The summed E-state index contributed by atoms with van der Waals surface area (Å²) in [6, 6.07) is 73.6. The summed E-state index contributed by atoms with van der Waals surface area (Å²) in [7, 11) is 0. The molecule has 258 valence electrons. The molecule has 3 nitrogen and oxygen atoms in total. The zero-order valence-corrected chi connectivity index (χ0v) is 29.9. The summed E-state index contributed by atoms with van der Waals surface area (Å²) in [5, 5.41) is 4.61. The molecule has 0 unspecified atom stereocenters. The van der Waals surface area contributed by atoms with Crippen molar-refractivity contribution >= 4 is 43.7 Å². The zero-order valence-electron chi connectivity index (χ0n) is 29.9. The van der Waals surface area contributed by atoms with Gasteiger partial charge in [-0.1, -0.05) is 158 Å². The molecule has 3 heterocycles. The van der Waals surface area contributed by atoms with Crippen molar-refractivity contribution in [3.05, 3.63) is 206 Å². The molecule has 11 rings (SSSR count). The maximum atomic E-state index is 6.85. The Morgan fingerprint density at radius 2 is 0.636 bits per heavy atom. The third-order valence-electron chi connectivity index (χ3n) is 10.9. The van der Waals surface area contributed by atoms with E-state index in [0.29, 0.717) is 0 Å². The van der Waals surface area contributed by atoms with Crippen LogP contribution in [0.15, 0.2) is 211 Å². The van der Waals surface area contributed by atoms with Gasteiger partial charge in [0.15, 0.2) is 0 Å². The zero-order chi connectivity index (χ0) is 36.3. The molecule has 0 aliphatic carbocycles. The van der Waals surface area contributed by atoms with E-state index in [1.165, 1.54) is 33.0 Å². The molecule has 0 radical (unpaired) electrons. The fraction of sp³-hybridized carbons (Fsp3) is 0. The number of nitrogens with zero attached hydrogens (tertiary/aromatic N) is 2. The monoisotopic (exact) mass is 702 g/mol. The van der Waals surface area contributed by atoms with E-state index in [2.05, 4.69) is 215 Å². The molecule has 0 atom stereocenters. The van der Waals surface area contributed by atoms with E-state index in [-0.39, 0.29) is 0 Å². The molecule has 0 aliphatic rings. The van der Waals surface area contributed by atoms with E-state index in [0.717, 1.165) is 66.9 Å². The van der Waals surface area contributed by atoms with Crippen molar-refractivity contribution in [2.45, 2.75) is 0 Å². The third kappa shape index (κ3) is 4.98. The molecule has 55 heavy (non-hydrogen) atoms. The average molecular weight is 703 g/mol. The van der Waals surface area contributed by atoms with Gasteiger partial charge in [0.25, 0.3) is 0 Å². The van der Waals surface area contributed by atoms with Crippen LogP contribution >= 0.6 is 0 Å². The summed E-state index contributed by atoms with van der Waals surface area (Å²) in [6.45, 7) is 0. The van der Waals surface area contributed by atoms with Crippen LogP contribution in [0.3, 0.4) is 0 Å². The van der Waals surface area contributed by atoms with Gasteiger partial charge in [0.05, 0.1) is 22.4 Å². The van der Waals surface area contributed by atoms with Gasteiger partial charge in [-0.15, -0.1) is 0 Å². The first-order valence-electron chi connectivity index (χ1n) is 18.8. The fourth-order valence-electron chi connectivity index (χ4n) is 8.58. The van der Waals surface area contributed by atoms with Crippen LogP contribution in [-0.2, 0) is 0 Å². The van der Waals surface area contributed by atoms with Crippen molar-refractivity contribution in [1.82, 2.24) is 9.13 Å². The minimum absolute atomic E-state index is 0.855. The van der Waals surface area contributed by atoms with Crippen LogP contribution in [0.4, 0.5) is 0 Å². The predicted octanol–water partition coefficient (Wildman–Crippen LogP) is 14.1. The Hall–Kier alpha value is -7.36. The summed E-state index contributed by atoms with van der Waals surface area (Å²) in [4.78, 5) is 0. The molecule has 3 heteroatoms. The highest BCUT2D eigenvalue weighted by Gasteiger charge is 2.24. The molecular weight excluding hydrogens is 669 g/mol. The number of furan rings is 1. The summed E-state index contributed by atoms with van der Waals surface area (Å²) in [5.41, 5.74) is 15.6. The molecular formula is C52H34N2O. The molecule has 0 aliphatic heterocycles. The lowest BCUT2D eigenvalue weighted by atomic mass is 9.98. The van der Waals surface area contributed by atoms with Gasteiger partial charge in [-0.3, -0.25) is 0 Å².